The Kier molecular flexibility index (Phi) is 4.28. The number of alkyl halides is 3. The summed E-state index contributed by atoms with van der Waals surface area (Å²) in [5, 5.41) is 4.10. The number of aromatic nitrogens is 1. The van der Waals surface area contributed by atoms with Crippen molar-refractivity contribution in [2.75, 3.05) is 36.0 Å². The Balaban J connectivity index is 1.74. The van der Waals surface area contributed by atoms with Crippen molar-refractivity contribution < 1.29 is 17.7 Å². The van der Waals surface area contributed by atoms with Crippen LogP contribution in [-0.4, -0.2) is 31.3 Å². The zero-order valence-corrected chi connectivity index (χ0v) is 13.1. The molecule has 1 saturated heterocycles. The van der Waals surface area contributed by atoms with Crippen LogP contribution in [0.15, 0.2) is 28.8 Å². The summed E-state index contributed by atoms with van der Waals surface area (Å²) in [5.41, 5.74) is -0.351. The van der Waals surface area contributed by atoms with E-state index in [-0.39, 0.29) is 10.9 Å². The van der Waals surface area contributed by atoms with Crippen LogP contribution in [0.1, 0.15) is 5.56 Å². The maximum Gasteiger partial charge on any atom is 0.416 e. The maximum atomic E-state index is 12.9. The molecule has 2 heterocycles. The summed E-state index contributed by atoms with van der Waals surface area (Å²) in [4.78, 5) is 6.87. The number of rotatable bonds is 2. The second-order valence-electron chi connectivity index (χ2n) is 5.27. The van der Waals surface area contributed by atoms with Gasteiger partial charge in [0.15, 0.2) is 5.82 Å². The van der Waals surface area contributed by atoms with Crippen LogP contribution >= 0.6 is 11.6 Å². The van der Waals surface area contributed by atoms with E-state index in [1.807, 2.05) is 9.80 Å². The number of hydrogen-bond acceptors (Lipinski definition) is 4. The van der Waals surface area contributed by atoms with Crippen molar-refractivity contribution in [1.82, 2.24) is 5.16 Å². The fraction of sp³-hybridized carbons (Fsp3) is 0.333. The van der Waals surface area contributed by atoms with Gasteiger partial charge in [-0.15, -0.1) is 0 Å². The molecule has 0 N–H and O–H groups in total. The number of halogens is 4. The van der Waals surface area contributed by atoms with Crippen molar-refractivity contribution in [3.05, 3.63) is 46.3 Å². The SMILES string of the molecule is [C-]#[N+]c1cc(N2CCN(c3cc(C(F)(F)F)ccc3Cl)CC2)no1. The summed E-state index contributed by atoms with van der Waals surface area (Å²) in [5.74, 6) is 0.657. The first-order valence-corrected chi connectivity index (χ1v) is 7.47. The normalized spacial score (nSPS) is 15.5. The lowest BCUT2D eigenvalue weighted by atomic mass is 10.1. The maximum absolute atomic E-state index is 12.9. The van der Waals surface area contributed by atoms with Gasteiger partial charge in [-0.2, -0.15) is 18.0 Å². The second kappa shape index (κ2) is 6.24. The third kappa shape index (κ3) is 3.26. The van der Waals surface area contributed by atoms with E-state index in [1.54, 1.807) is 6.07 Å². The number of hydrogen-bond donors (Lipinski definition) is 0. The highest BCUT2D eigenvalue weighted by Gasteiger charge is 2.32. The summed E-state index contributed by atoms with van der Waals surface area (Å²) in [7, 11) is 0. The van der Waals surface area contributed by atoms with E-state index < -0.39 is 11.7 Å². The van der Waals surface area contributed by atoms with Gasteiger partial charge in [0.2, 0.25) is 0 Å². The fourth-order valence-electron chi connectivity index (χ4n) is 2.57. The first-order valence-electron chi connectivity index (χ1n) is 7.09. The standard InChI is InChI=1S/C15H12ClF3N4O/c1-20-14-9-13(21-24-14)23-6-4-22(5-7-23)12-8-10(15(17,18)19)2-3-11(12)16/h2-3,8-9H,4-7H2. The molecular formula is C15H12ClF3N4O. The van der Waals surface area contributed by atoms with Crippen LogP contribution in [-0.2, 0) is 6.18 Å². The van der Waals surface area contributed by atoms with Gasteiger partial charge < -0.3 is 14.3 Å². The van der Waals surface area contributed by atoms with E-state index >= 15 is 0 Å². The minimum absolute atomic E-state index is 0.105. The molecule has 3 rings (SSSR count). The van der Waals surface area contributed by atoms with Gasteiger partial charge in [-0.05, 0) is 18.2 Å². The zero-order valence-electron chi connectivity index (χ0n) is 12.3. The Morgan fingerprint density at radius 3 is 2.38 bits per heavy atom. The molecule has 0 saturated carbocycles. The van der Waals surface area contributed by atoms with Crippen LogP contribution in [0.25, 0.3) is 4.85 Å². The molecule has 5 nitrogen and oxygen atoms in total. The van der Waals surface area contributed by atoms with Crippen molar-refractivity contribution in [3.63, 3.8) is 0 Å². The molecule has 0 atom stereocenters. The van der Waals surface area contributed by atoms with Crippen molar-refractivity contribution >= 4 is 29.0 Å². The predicted molar refractivity (Wildman–Crippen MR) is 83.6 cm³/mol. The molecule has 0 radical (unpaired) electrons. The van der Waals surface area contributed by atoms with E-state index in [1.165, 1.54) is 6.07 Å². The summed E-state index contributed by atoms with van der Waals surface area (Å²) >= 11 is 6.07. The molecule has 24 heavy (non-hydrogen) atoms. The van der Waals surface area contributed by atoms with Gasteiger partial charge in [0, 0.05) is 32.2 Å². The monoisotopic (exact) mass is 356 g/mol. The highest BCUT2D eigenvalue weighted by Crippen LogP contribution is 2.36. The molecule has 126 valence electrons. The van der Waals surface area contributed by atoms with Gasteiger partial charge in [-0.3, -0.25) is 0 Å². The lowest BCUT2D eigenvalue weighted by molar-refractivity contribution is -0.137. The van der Waals surface area contributed by atoms with Crippen LogP contribution in [0.2, 0.25) is 5.02 Å². The number of benzene rings is 1. The summed E-state index contributed by atoms with van der Waals surface area (Å²) in [6.07, 6.45) is -4.40. The largest absolute Gasteiger partial charge is 0.416 e. The van der Waals surface area contributed by atoms with E-state index in [0.29, 0.717) is 37.7 Å². The first-order chi connectivity index (χ1) is 11.4. The molecule has 9 heteroatoms. The van der Waals surface area contributed by atoms with Crippen molar-refractivity contribution in [2.24, 2.45) is 0 Å². The average Bonchev–Trinajstić information content (AvgIpc) is 3.03. The van der Waals surface area contributed by atoms with Crippen molar-refractivity contribution in [2.45, 2.75) is 6.18 Å². The Hall–Kier alpha value is -2.40. The first kappa shape index (κ1) is 16.5. The van der Waals surface area contributed by atoms with Crippen LogP contribution in [0.3, 0.4) is 0 Å². The van der Waals surface area contributed by atoms with Crippen LogP contribution in [0.4, 0.5) is 30.6 Å². The van der Waals surface area contributed by atoms with Gasteiger partial charge >= 0.3 is 12.1 Å². The van der Waals surface area contributed by atoms with Gasteiger partial charge in [0.25, 0.3) is 0 Å². The lowest BCUT2D eigenvalue weighted by Crippen LogP contribution is -2.46. The molecule has 1 aromatic carbocycles. The second-order valence-corrected chi connectivity index (χ2v) is 5.68. The molecule has 0 bridgehead atoms. The molecule has 1 aromatic heterocycles. The van der Waals surface area contributed by atoms with E-state index in [0.717, 1.165) is 12.1 Å². The molecule has 0 unspecified atom stereocenters. The minimum Gasteiger partial charge on any atom is -0.370 e. The molecule has 2 aromatic rings. The van der Waals surface area contributed by atoms with E-state index in [2.05, 4.69) is 10.0 Å². The van der Waals surface area contributed by atoms with Gasteiger partial charge in [-0.1, -0.05) is 16.8 Å². The molecule has 1 aliphatic heterocycles. The summed E-state index contributed by atoms with van der Waals surface area (Å²) in [6, 6.07) is 4.86. The number of anilines is 2. The fourth-order valence-corrected chi connectivity index (χ4v) is 2.80. The molecule has 0 aliphatic carbocycles. The Bertz CT molecular complexity index is 776. The van der Waals surface area contributed by atoms with Gasteiger partial charge in [0.1, 0.15) is 0 Å². The van der Waals surface area contributed by atoms with Gasteiger partial charge in [-0.25, -0.2) is 0 Å². The predicted octanol–water partition coefficient (Wildman–Crippen LogP) is 4.22. The Morgan fingerprint density at radius 1 is 1.12 bits per heavy atom. The lowest BCUT2D eigenvalue weighted by Gasteiger charge is -2.36. The van der Waals surface area contributed by atoms with Crippen molar-refractivity contribution in [1.29, 1.82) is 0 Å². The number of piperazine rings is 1. The van der Waals surface area contributed by atoms with Crippen LogP contribution in [0, 0.1) is 6.57 Å². The van der Waals surface area contributed by atoms with Gasteiger partial charge in [0.05, 0.1) is 22.8 Å². The van der Waals surface area contributed by atoms with E-state index in [4.69, 9.17) is 22.7 Å². The third-order valence-electron chi connectivity index (χ3n) is 3.81. The summed E-state index contributed by atoms with van der Waals surface area (Å²) in [6.45, 7) is 8.92. The highest BCUT2D eigenvalue weighted by molar-refractivity contribution is 6.33. The highest BCUT2D eigenvalue weighted by atomic mass is 35.5. The topological polar surface area (TPSA) is 36.9 Å². The summed E-state index contributed by atoms with van der Waals surface area (Å²) < 4.78 is 43.5. The average molecular weight is 357 g/mol. The smallest absolute Gasteiger partial charge is 0.370 e. The third-order valence-corrected chi connectivity index (χ3v) is 4.13. The Morgan fingerprint density at radius 2 is 1.79 bits per heavy atom. The molecule has 0 spiro atoms. The number of nitrogens with zero attached hydrogens (tertiary/aromatic N) is 4. The van der Waals surface area contributed by atoms with Crippen LogP contribution in [0.5, 0.6) is 0 Å². The molecular weight excluding hydrogens is 345 g/mol. The minimum atomic E-state index is -4.40. The zero-order chi connectivity index (χ0) is 17.3. The molecule has 0 amide bonds. The van der Waals surface area contributed by atoms with Crippen molar-refractivity contribution in [3.8, 4) is 0 Å². The Labute approximate surface area is 141 Å². The molecule has 1 fully saturated rings. The molecule has 1 aliphatic rings. The quantitative estimate of drug-likeness (QED) is 0.755. The van der Waals surface area contributed by atoms with Crippen LogP contribution < -0.4 is 9.80 Å². The van der Waals surface area contributed by atoms with E-state index in [9.17, 15) is 13.2 Å².